The highest BCUT2D eigenvalue weighted by Crippen LogP contribution is 2.27. The summed E-state index contributed by atoms with van der Waals surface area (Å²) in [7, 11) is 3.08. The molecule has 3 rings (SSSR count). The van der Waals surface area contributed by atoms with Gasteiger partial charge in [-0.05, 0) is 41.9 Å². The molecule has 0 aromatic heterocycles. The number of hydrogen-bond donors (Lipinski definition) is 3. The zero-order chi connectivity index (χ0) is 23.1. The number of aliphatic hydroxyl groups is 1. The number of rotatable bonds is 10. The van der Waals surface area contributed by atoms with Crippen LogP contribution in [0.1, 0.15) is 6.42 Å². The topological polar surface area (TPSA) is 106 Å². The minimum Gasteiger partial charge on any atom is -0.611 e. The van der Waals surface area contributed by atoms with Crippen molar-refractivity contribution < 1.29 is 23.9 Å². The zero-order valence-electron chi connectivity index (χ0n) is 18.0. The first kappa shape index (κ1) is 24.5. The van der Waals surface area contributed by atoms with E-state index in [4.69, 9.17) is 21.1 Å². The molecule has 1 heterocycles. The summed E-state index contributed by atoms with van der Waals surface area (Å²) in [6, 6.07) is 11.7. The van der Waals surface area contributed by atoms with Crippen LogP contribution < -0.4 is 20.1 Å². The van der Waals surface area contributed by atoms with Crippen molar-refractivity contribution in [1.29, 1.82) is 0 Å². The molecule has 10 heteroatoms. The number of benzene rings is 2. The molecule has 2 aromatic rings. The molecule has 3 N–H and O–H groups in total. The Kier molecular flexibility index (Phi) is 8.89. The maximum atomic E-state index is 12.7. The third-order valence-electron chi connectivity index (χ3n) is 5.32. The van der Waals surface area contributed by atoms with Crippen LogP contribution in [-0.4, -0.2) is 72.3 Å². The molecule has 0 saturated carbocycles. The molecule has 174 valence electrons. The Morgan fingerprint density at radius 2 is 1.84 bits per heavy atom. The summed E-state index contributed by atoms with van der Waals surface area (Å²) in [5.74, 6) is 1.15. The summed E-state index contributed by atoms with van der Waals surface area (Å²) in [4.78, 5) is 15.1. The molecule has 2 atom stereocenters. The van der Waals surface area contributed by atoms with E-state index in [1.807, 2.05) is 0 Å². The Bertz CT molecular complexity index is 873. The van der Waals surface area contributed by atoms with Crippen LogP contribution in [0.3, 0.4) is 0 Å². The van der Waals surface area contributed by atoms with Crippen molar-refractivity contribution >= 4 is 34.5 Å². The van der Waals surface area contributed by atoms with Crippen molar-refractivity contribution in [2.75, 3.05) is 45.8 Å². The van der Waals surface area contributed by atoms with Crippen LogP contribution >= 0.6 is 11.6 Å². The number of ether oxygens (including phenoxy) is 2. The van der Waals surface area contributed by atoms with E-state index in [1.165, 1.54) is 0 Å². The molecule has 1 unspecified atom stereocenters. The number of nitrogens with one attached hydrogen (secondary N) is 2. The summed E-state index contributed by atoms with van der Waals surface area (Å²) in [6.07, 6.45) is 0.575. The zero-order valence-corrected chi connectivity index (χ0v) is 19.6. The Morgan fingerprint density at radius 1 is 1.22 bits per heavy atom. The van der Waals surface area contributed by atoms with Gasteiger partial charge in [-0.1, -0.05) is 11.6 Å². The second-order valence-corrected chi connectivity index (χ2v) is 9.60. The predicted octanol–water partition coefficient (Wildman–Crippen LogP) is 2.72. The first-order chi connectivity index (χ1) is 15.4. The summed E-state index contributed by atoms with van der Waals surface area (Å²) >= 11 is 4.78. The molecule has 0 aliphatic carbocycles. The molecule has 0 spiro atoms. The third-order valence-corrected chi connectivity index (χ3v) is 7.22. The van der Waals surface area contributed by atoms with Crippen LogP contribution in [0.4, 0.5) is 10.5 Å². The van der Waals surface area contributed by atoms with Crippen LogP contribution in [-0.2, 0) is 11.2 Å². The fraction of sp³-hybridized carbons (Fsp3) is 0.409. The Labute approximate surface area is 196 Å². The number of nitrogens with zero attached hydrogens (tertiary/aromatic N) is 1. The van der Waals surface area contributed by atoms with Crippen LogP contribution in [0.5, 0.6) is 11.5 Å². The summed E-state index contributed by atoms with van der Waals surface area (Å²) in [5.41, 5.74) is 0.549. The number of halogens is 1. The van der Waals surface area contributed by atoms with Gasteiger partial charge in [-0.25, -0.2) is 4.79 Å². The predicted molar refractivity (Wildman–Crippen MR) is 125 cm³/mol. The highest BCUT2D eigenvalue weighted by molar-refractivity contribution is 7.92. The maximum Gasteiger partial charge on any atom is 0.319 e. The van der Waals surface area contributed by atoms with E-state index in [-0.39, 0.29) is 23.9 Å². The lowest BCUT2D eigenvalue weighted by Crippen LogP contribution is -2.59. The highest BCUT2D eigenvalue weighted by Gasteiger charge is 2.40. The number of hydrogen-bond acceptors (Lipinski definition) is 6. The van der Waals surface area contributed by atoms with Crippen LogP contribution in [0, 0.1) is 0 Å². The van der Waals surface area contributed by atoms with Crippen molar-refractivity contribution in [2.45, 2.75) is 22.6 Å². The lowest BCUT2D eigenvalue weighted by Gasteiger charge is -2.43. The molecule has 0 radical (unpaired) electrons. The molecule has 1 fully saturated rings. The third kappa shape index (κ3) is 6.43. The second kappa shape index (κ2) is 11.6. The molecule has 2 aromatic carbocycles. The van der Waals surface area contributed by atoms with E-state index >= 15 is 0 Å². The largest absolute Gasteiger partial charge is 0.611 e. The SMILES string of the molecule is COc1cc(NC(=O)NCC[C@@H](CO)N2CC([S+]([O-])c3ccc(Cl)cc3)C2)cc(OC)c1. The normalized spacial score (nSPS) is 16.0. The number of amides is 2. The Morgan fingerprint density at radius 3 is 2.41 bits per heavy atom. The van der Waals surface area contributed by atoms with Gasteiger partial charge in [0, 0.05) is 54.6 Å². The van der Waals surface area contributed by atoms with E-state index in [2.05, 4.69) is 15.5 Å². The summed E-state index contributed by atoms with van der Waals surface area (Å²) in [5, 5.41) is 15.9. The fourth-order valence-electron chi connectivity index (χ4n) is 3.46. The molecule has 1 saturated heterocycles. The molecule has 2 amide bonds. The van der Waals surface area contributed by atoms with E-state index in [0.717, 1.165) is 4.90 Å². The molecular formula is C22H28ClN3O5S. The van der Waals surface area contributed by atoms with Crippen molar-refractivity contribution in [3.63, 3.8) is 0 Å². The average Bonchev–Trinajstić information content (AvgIpc) is 2.76. The number of likely N-dealkylation sites (tertiary alicyclic amines) is 1. The first-order valence-electron chi connectivity index (χ1n) is 10.2. The quantitative estimate of drug-likeness (QED) is 0.450. The lowest BCUT2D eigenvalue weighted by molar-refractivity contribution is 0.0696. The van der Waals surface area contributed by atoms with Gasteiger partial charge >= 0.3 is 6.03 Å². The highest BCUT2D eigenvalue weighted by atomic mass is 35.5. The van der Waals surface area contributed by atoms with Crippen LogP contribution in [0.2, 0.25) is 5.02 Å². The molecule has 0 bridgehead atoms. The van der Waals surface area contributed by atoms with Gasteiger partial charge < -0.3 is 29.8 Å². The van der Waals surface area contributed by atoms with Gasteiger partial charge in [0.25, 0.3) is 0 Å². The molecule has 8 nitrogen and oxygen atoms in total. The van der Waals surface area contributed by atoms with E-state index in [1.54, 1.807) is 56.7 Å². The molecule has 1 aliphatic heterocycles. The summed E-state index contributed by atoms with van der Waals surface area (Å²) < 4.78 is 23.1. The van der Waals surface area contributed by atoms with E-state index in [0.29, 0.717) is 48.3 Å². The molecular weight excluding hydrogens is 454 g/mol. The van der Waals surface area contributed by atoms with Gasteiger partial charge in [-0.3, -0.25) is 4.90 Å². The van der Waals surface area contributed by atoms with Gasteiger partial charge in [-0.2, -0.15) is 0 Å². The minimum absolute atomic E-state index is 0.0181. The summed E-state index contributed by atoms with van der Waals surface area (Å²) in [6.45, 7) is 1.63. The lowest BCUT2D eigenvalue weighted by atomic mass is 10.1. The number of carbonyl (C=O) groups excluding carboxylic acids is 1. The minimum atomic E-state index is -1.11. The maximum absolute atomic E-state index is 12.7. The van der Waals surface area contributed by atoms with Gasteiger partial charge in [0.15, 0.2) is 4.90 Å². The van der Waals surface area contributed by atoms with Crippen LogP contribution in [0.25, 0.3) is 0 Å². The van der Waals surface area contributed by atoms with Crippen molar-refractivity contribution in [3.8, 4) is 11.5 Å². The van der Waals surface area contributed by atoms with Gasteiger partial charge in [0.2, 0.25) is 0 Å². The number of aliphatic hydroxyl groups excluding tert-OH is 1. The monoisotopic (exact) mass is 481 g/mol. The first-order valence-corrected chi connectivity index (χ1v) is 11.8. The Balaban J connectivity index is 1.42. The Hall–Kier alpha value is -2.17. The number of methoxy groups -OCH3 is 2. The van der Waals surface area contributed by atoms with Gasteiger partial charge in [-0.15, -0.1) is 0 Å². The second-order valence-electron chi connectivity index (χ2n) is 7.43. The van der Waals surface area contributed by atoms with E-state index < -0.39 is 11.2 Å². The van der Waals surface area contributed by atoms with E-state index in [9.17, 15) is 14.5 Å². The standard InChI is InChI=1S/C22H28ClN3O5S/c1-30-18-9-16(10-19(11-18)31-2)25-22(28)24-8-7-17(14-27)26-12-21(13-26)32(29)20-5-3-15(23)4-6-20/h3-6,9-11,17,21,27H,7-8,12-14H2,1-2H3,(H2,24,25,28)/t17-,32?/m0/s1. The fourth-order valence-corrected chi connectivity index (χ4v) is 5.03. The van der Waals surface area contributed by atoms with Gasteiger partial charge in [0.05, 0.1) is 20.8 Å². The molecule has 1 aliphatic rings. The average molecular weight is 482 g/mol. The number of anilines is 1. The number of urea groups is 1. The smallest absolute Gasteiger partial charge is 0.319 e. The van der Waals surface area contributed by atoms with Crippen molar-refractivity contribution in [3.05, 3.63) is 47.5 Å². The molecule has 32 heavy (non-hydrogen) atoms. The van der Waals surface area contributed by atoms with Crippen molar-refractivity contribution in [1.82, 2.24) is 10.2 Å². The van der Waals surface area contributed by atoms with Crippen LogP contribution in [0.15, 0.2) is 47.4 Å². The number of carbonyl (C=O) groups is 1. The van der Waals surface area contributed by atoms with Gasteiger partial charge in [0.1, 0.15) is 16.7 Å². The van der Waals surface area contributed by atoms with Crippen molar-refractivity contribution in [2.24, 2.45) is 0 Å².